The van der Waals surface area contributed by atoms with Gasteiger partial charge < -0.3 is 14.6 Å². The molecule has 0 spiro atoms. The average Bonchev–Trinajstić information content (AvgIpc) is 2.80. The Balaban J connectivity index is 2.27. The van der Waals surface area contributed by atoms with Gasteiger partial charge in [-0.05, 0) is 25.7 Å². The van der Waals surface area contributed by atoms with E-state index in [1.807, 2.05) is 0 Å². The minimum absolute atomic E-state index is 0.266. The van der Waals surface area contributed by atoms with E-state index in [1.165, 1.54) is 7.11 Å². The monoisotopic (exact) mass is 228 g/mol. The Labute approximate surface area is 95.9 Å². The molecule has 92 valence electrons. The van der Waals surface area contributed by atoms with E-state index in [9.17, 15) is 9.90 Å². The van der Waals surface area contributed by atoms with Crippen molar-refractivity contribution in [1.29, 1.82) is 0 Å². The van der Waals surface area contributed by atoms with Crippen molar-refractivity contribution < 1.29 is 19.4 Å². The number of aliphatic hydroxyl groups is 1. The summed E-state index contributed by atoms with van der Waals surface area (Å²) in [5.41, 5.74) is -1.74. The Morgan fingerprint density at radius 2 is 1.94 bits per heavy atom. The quantitative estimate of drug-likeness (QED) is 0.723. The van der Waals surface area contributed by atoms with E-state index in [2.05, 4.69) is 0 Å². The van der Waals surface area contributed by atoms with Crippen molar-refractivity contribution in [2.75, 3.05) is 20.3 Å². The second kappa shape index (κ2) is 4.34. The number of hydrogen-bond acceptors (Lipinski definition) is 4. The SMILES string of the molecule is COC(=O)C1(C2(O)CCCOC2)CCCC1. The lowest BCUT2D eigenvalue weighted by Crippen LogP contribution is -2.56. The Morgan fingerprint density at radius 3 is 2.44 bits per heavy atom. The molecule has 1 saturated carbocycles. The van der Waals surface area contributed by atoms with Crippen LogP contribution in [0.5, 0.6) is 0 Å². The van der Waals surface area contributed by atoms with Gasteiger partial charge in [0.15, 0.2) is 0 Å². The van der Waals surface area contributed by atoms with Crippen LogP contribution in [0.25, 0.3) is 0 Å². The number of rotatable bonds is 2. The van der Waals surface area contributed by atoms with Crippen LogP contribution < -0.4 is 0 Å². The van der Waals surface area contributed by atoms with E-state index >= 15 is 0 Å². The van der Waals surface area contributed by atoms with Crippen LogP contribution in [0.3, 0.4) is 0 Å². The second-order valence-electron chi connectivity index (χ2n) is 4.97. The van der Waals surface area contributed by atoms with E-state index in [4.69, 9.17) is 9.47 Å². The van der Waals surface area contributed by atoms with Crippen molar-refractivity contribution in [3.8, 4) is 0 Å². The Kier molecular flexibility index (Phi) is 3.22. The van der Waals surface area contributed by atoms with Gasteiger partial charge in [-0.3, -0.25) is 4.79 Å². The van der Waals surface area contributed by atoms with Gasteiger partial charge in [-0.25, -0.2) is 0 Å². The fourth-order valence-corrected chi connectivity index (χ4v) is 3.19. The van der Waals surface area contributed by atoms with E-state index in [0.29, 0.717) is 13.0 Å². The third kappa shape index (κ3) is 1.64. The zero-order valence-corrected chi connectivity index (χ0v) is 9.83. The Morgan fingerprint density at radius 1 is 1.25 bits per heavy atom. The van der Waals surface area contributed by atoms with Crippen molar-refractivity contribution in [2.24, 2.45) is 5.41 Å². The maximum atomic E-state index is 12.0. The number of carbonyl (C=O) groups excluding carboxylic acids is 1. The highest BCUT2D eigenvalue weighted by molar-refractivity contribution is 5.78. The predicted molar refractivity (Wildman–Crippen MR) is 57.9 cm³/mol. The van der Waals surface area contributed by atoms with Gasteiger partial charge >= 0.3 is 5.97 Å². The van der Waals surface area contributed by atoms with Gasteiger partial charge in [-0.2, -0.15) is 0 Å². The molecule has 0 radical (unpaired) electrons. The van der Waals surface area contributed by atoms with Crippen molar-refractivity contribution >= 4 is 5.97 Å². The molecule has 1 atom stereocenters. The fraction of sp³-hybridized carbons (Fsp3) is 0.917. The highest BCUT2D eigenvalue weighted by Crippen LogP contribution is 2.50. The van der Waals surface area contributed by atoms with Gasteiger partial charge in [-0.15, -0.1) is 0 Å². The van der Waals surface area contributed by atoms with Gasteiger partial charge in [0.2, 0.25) is 0 Å². The van der Waals surface area contributed by atoms with Gasteiger partial charge in [0.05, 0.1) is 19.1 Å². The molecule has 1 aliphatic carbocycles. The molecule has 16 heavy (non-hydrogen) atoms. The lowest BCUT2D eigenvalue weighted by molar-refractivity contribution is -0.192. The summed E-state index contributed by atoms with van der Waals surface area (Å²) in [4.78, 5) is 12.0. The topological polar surface area (TPSA) is 55.8 Å². The molecule has 2 rings (SSSR count). The molecule has 4 nitrogen and oxygen atoms in total. The number of esters is 1. The van der Waals surface area contributed by atoms with E-state index in [1.54, 1.807) is 0 Å². The highest BCUT2D eigenvalue weighted by atomic mass is 16.5. The van der Waals surface area contributed by atoms with Gasteiger partial charge in [0.25, 0.3) is 0 Å². The largest absolute Gasteiger partial charge is 0.469 e. The van der Waals surface area contributed by atoms with Crippen molar-refractivity contribution in [3.05, 3.63) is 0 Å². The zero-order valence-electron chi connectivity index (χ0n) is 9.83. The molecule has 0 aromatic rings. The lowest BCUT2D eigenvalue weighted by atomic mass is 9.68. The first kappa shape index (κ1) is 11.9. The van der Waals surface area contributed by atoms with E-state index in [0.717, 1.165) is 32.1 Å². The summed E-state index contributed by atoms with van der Waals surface area (Å²) in [5.74, 6) is -0.266. The predicted octanol–water partition coefficient (Wildman–Crippen LogP) is 1.26. The van der Waals surface area contributed by atoms with Gasteiger partial charge in [0, 0.05) is 6.61 Å². The molecule has 2 fully saturated rings. The fourth-order valence-electron chi connectivity index (χ4n) is 3.19. The van der Waals surface area contributed by atoms with Crippen molar-refractivity contribution in [2.45, 2.75) is 44.1 Å². The smallest absolute Gasteiger partial charge is 0.314 e. The van der Waals surface area contributed by atoms with Crippen LogP contribution in [0.1, 0.15) is 38.5 Å². The molecule has 1 heterocycles. The van der Waals surface area contributed by atoms with Crippen molar-refractivity contribution in [1.82, 2.24) is 0 Å². The van der Waals surface area contributed by atoms with Crippen molar-refractivity contribution in [3.63, 3.8) is 0 Å². The molecule has 1 N–H and O–H groups in total. The summed E-state index contributed by atoms with van der Waals surface area (Å²) in [6.07, 6.45) is 4.87. The number of methoxy groups -OCH3 is 1. The summed E-state index contributed by atoms with van der Waals surface area (Å²) in [7, 11) is 1.40. The summed E-state index contributed by atoms with van der Waals surface area (Å²) < 4.78 is 10.3. The third-order valence-corrected chi connectivity index (χ3v) is 4.14. The molecule has 0 aromatic carbocycles. The van der Waals surface area contributed by atoms with Crippen LogP contribution in [-0.4, -0.2) is 37.0 Å². The number of hydrogen-bond donors (Lipinski definition) is 1. The van der Waals surface area contributed by atoms with Gasteiger partial charge in [-0.1, -0.05) is 12.8 Å². The van der Waals surface area contributed by atoms with Crippen LogP contribution in [-0.2, 0) is 14.3 Å². The lowest BCUT2D eigenvalue weighted by Gasteiger charge is -2.44. The minimum Gasteiger partial charge on any atom is -0.469 e. The molecule has 4 heteroatoms. The number of carbonyl (C=O) groups is 1. The van der Waals surface area contributed by atoms with E-state index < -0.39 is 11.0 Å². The van der Waals surface area contributed by atoms with Crippen LogP contribution in [0.4, 0.5) is 0 Å². The molecule has 2 aliphatic rings. The number of ether oxygens (including phenoxy) is 2. The maximum Gasteiger partial charge on any atom is 0.314 e. The maximum absolute atomic E-state index is 12.0. The zero-order chi connectivity index (χ0) is 11.6. The Bertz CT molecular complexity index is 262. The first-order chi connectivity index (χ1) is 7.65. The molecule has 0 bridgehead atoms. The Hall–Kier alpha value is -0.610. The molecule has 1 aliphatic heterocycles. The molecule has 0 aromatic heterocycles. The third-order valence-electron chi connectivity index (χ3n) is 4.14. The average molecular weight is 228 g/mol. The molecule has 0 amide bonds. The molecular weight excluding hydrogens is 208 g/mol. The summed E-state index contributed by atoms with van der Waals surface area (Å²) in [6.45, 7) is 0.946. The molecule has 1 unspecified atom stereocenters. The van der Waals surface area contributed by atoms with Crippen LogP contribution in [0, 0.1) is 5.41 Å². The van der Waals surface area contributed by atoms with E-state index in [-0.39, 0.29) is 12.6 Å². The summed E-state index contributed by atoms with van der Waals surface area (Å²) in [6, 6.07) is 0. The van der Waals surface area contributed by atoms with Crippen LogP contribution in [0.15, 0.2) is 0 Å². The van der Waals surface area contributed by atoms with Crippen LogP contribution in [0.2, 0.25) is 0 Å². The molecular formula is C12H20O4. The second-order valence-corrected chi connectivity index (χ2v) is 4.97. The summed E-state index contributed by atoms with van der Waals surface area (Å²) in [5, 5.41) is 10.7. The highest BCUT2D eigenvalue weighted by Gasteiger charge is 2.58. The first-order valence-corrected chi connectivity index (χ1v) is 6.03. The van der Waals surface area contributed by atoms with Gasteiger partial charge in [0.1, 0.15) is 5.60 Å². The summed E-state index contributed by atoms with van der Waals surface area (Å²) >= 11 is 0. The molecule has 1 saturated heterocycles. The first-order valence-electron chi connectivity index (χ1n) is 6.03. The van der Waals surface area contributed by atoms with Crippen LogP contribution >= 0.6 is 0 Å². The normalized spacial score (nSPS) is 33.6. The standard InChI is InChI=1S/C12H20O4/c1-15-10(13)11(5-2-3-6-11)12(14)7-4-8-16-9-12/h14H,2-9H2,1H3. The minimum atomic E-state index is -1.02.